The molecule has 2 atom stereocenters. The van der Waals surface area contributed by atoms with Crippen LogP contribution in [0.1, 0.15) is 52.4 Å². The molecule has 1 rings (SSSR count). The highest BCUT2D eigenvalue weighted by Gasteiger charge is 2.27. The van der Waals surface area contributed by atoms with Crippen LogP contribution in [0.3, 0.4) is 0 Å². The molecule has 4 nitrogen and oxygen atoms in total. The lowest BCUT2D eigenvalue weighted by Crippen LogP contribution is -2.49. The smallest absolute Gasteiger partial charge is 0.0613 e. The fraction of sp³-hybridized carbons (Fsp3) is 1.00. The van der Waals surface area contributed by atoms with Crippen LogP contribution in [0.25, 0.3) is 0 Å². The third kappa shape index (κ3) is 6.23. The van der Waals surface area contributed by atoms with Gasteiger partial charge >= 0.3 is 0 Å². The molecule has 0 aliphatic carbocycles. The van der Waals surface area contributed by atoms with Crippen molar-refractivity contribution in [3.05, 3.63) is 0 Å². The molecule has 0 saturated carbocycles. The van der Waals surface area contributed by atoms with Crippen LogP contribution in [-0.4, -0.2) is 73.4 Å². The van der Waals surface area contributed by atoms with Crippen LogP contribution in [0.5, 0.6) is 0 Å². The van der Waals surface area contributed by atoms with E-state index >= 15 is 0 Å². The first-order chi connectivity index (χ1) is 10.1. The summed E-state index contributed by atoms with van der Waals surface area (Å²) >= 11 is 0. The average Bonchev–Trinajstić information content (AvgIpc) is 2.51. The predicted molar refractivity (Wildman–Crippen MR) is 90.8 cm³/mol. The minimum absolute atomic E-state index is 0.0692. The van der Waals surface area contributed by atoms with Gasteiger partial charge in [0.1, 0.15) is 0 Å². The van der Waals surface area contributed by atoms with Gasteiger partial charge in [0.15, 0.2) is 0 Å². The van der Waals surface area contributed by atoms with Crippen LogP contribution in [0.15, 0.2) is 0 Å². The topological polar surface area (TPSA) is 38.7 Å². The van der Waals surface area contributed by atoms with Crippen molar-refractivity contribution in [1.82, 2.24) is 15.1 Å². The predicted octanol–water partition coefficient (Wildman–Crippen LogP) is 1.93. The summed E-state index contributed by atoms with van der Waals surface area (Å²) in [4.78, 5) is 4.96. The van der Waals surface area contributed by atoms with Gasteiger partial charge in [-0.3, -0.25) is 0 Å². The Morgan fingerprint density at radius 1 is 1.38 bits per heavy atom. The van der Waals surface area contributed by atoms with E-state index in [4.69, 9.17) is 0 Å². The number of hydrogen-bond acceptors (Lipinski definition) is 4. The van der Waals surface area contributed by atoms with Crippen molar-refractivity contribution >= 4 is 0 Å². The fourth-order valence-corrected chi connectivity index (χ4v) is 3.38. The van der Waals surface area contributed by atoms with Crippen LogP contribution in [0.2, 0.25) is 0 Å². The summed E-state index contributed by atoms with van der Waals surface area (Å²) in [5.74, 6) is 0. The van der Waals surface area contributed by atoms with Gasteiger partial charge in [0.25, 0.3) is 0 Å². The molecule has 1 fully saturated rings. The Labute approximate surface area is 131 Å². The van der Waals surface area contributed by atoms with Gasteiger partial charge in [0.2, 0.25) is 0 Å². The van der Waals surface area contributed by atoms with Gasteiger partial charge in [-0.1, -0.05) is 13.8 Å². The Morgan fingerprint density at radius 3 is 2.71 bits per heavy atom. The Bertz CT molecular complexity index is 269. The van der Waals surface area contributed by atoms with Crippen LogP contribution in [-0.2, 0) is 0 Å². The summed E-state index contributed by atoms with van der Waals surface area (Å²) < 4.78 is 0. The number of nitrogens with one attached hydrogen (secondary N) is 1. The zero-order valence-electron chi connectivity index (χ0n) is 14.7. The number of likely N-dealkylation sites (N-methyl/N-ethyl adjacent to an activating group) is 2. The third-order valence-corrected chi connectivity index (χ3v) is 5.12. The first kappa shape index (κ1) is 18.9. The van der Waals surface area contributed by atoms with Gasteiger partial charge in [-0.05, 0) is 72.3 Å². The SMILES string of the molecule is CCCNC(CC)(CO)CCCN(C)C1CCCN(C)C1. The van der Waals surface area contributed by atoms with Crippen molar-refractivity contribution in [2.45, 2.75) is 64.0 Å². The Morgan fingerprint density at radius 2 is 2.14 bits per heavy atom. The second kappa shape index (κ2) is 9.78. The molecule has 21 heavy (non-hydrogen) atoms. The summed E-state index contributed by atoms with van der Waals surface area (Å²) in [6.07, 6.45) is 6.98. The van der Waals surface area contributed by atoms with Gasteiger partial charge in [-0.15, -0.1) is 0 Å². The molecule has 126 valence electrons. The Hall–Kier alpha value is -0.160. The van der Waals surface area contributed by atoms with E-state index in [2.05, 4.69) is 43.1 Å². The lowest BCUT2D eigenvalue weighted by Gasteiger charge is -2.37. The zero-order chi connectivity index (χ0) is 15.7. The molecular weight excluding hydrogens is 262 g/mol. The van der Waals surface area contributed by atoms with Crippen LogP contribution < -0.4 is 5.32 Å². The van der Waals surface area contributed by atoms with Crippen molar-refractivity contribution in [2.24, 2.45) is 0 Å². The number of piperidine rings is 1. The molecule has 1 saturated heterocycles. The zero-order valence-corrected chi connectivity index (χ0v) is 14.7. The number of rotatable bonds is 10. The first-order valence-electron chi connectivity index (χ1n) is 8.81. The lowest BCUT2D eigenvalue weighted by molar-refractivity contribution is 0.116. The highest BCUT2D eigenvalue weighted by Crippen LogP contribution is 2.19. The standard InChI is InChI=1S/C17H37N3O/c1-5-11-18-17(6-2,15-21)10-8-13-20(4)16-9-7-12-19(3)14-16/h16,18,21H,5-15H2,1-4H3. The molecule has 0 bridgehead atoms. The summed E-state index contributed by atoms with van der Waals surface area (Å²) in [5, 5.41) is 13.3. The molecule has 2 N–H and O–H groups in total. The van der Waals surface area contributed by atoms with E-state index in [1.807, 2.05) is 0 Å². The normalized spacial score (nSPS) is 23.4. The average molecular weight is 300 g/mol. The van der Waals surface area contributed by atoms with Crippen LogP contribution in [0.4, 0.5) is 0 Å². The van der Waals surface area contributed by atoms with Crippen molar-refractivity contribution in [1.29, 1.82) is 0 Å². The molecule has 0 aromatic rings. The van der Waals surface area contributed by atoms with E-state index in [0.29, 0.717) is 6.04 Å². The highest BCUT2D eigenvalue weighted by molar-refractivity contribution is 4.86. The van der Waals surface area contributed by atoms with Crippen LogP contribution >= 0.6 is 0 Å². The number of nitrogens with zero attached hydrogens (tertiary/aromatic N) is 2. The summed E-state index contributed by atoms with van der Waals surface area (Å²) in [6.45, 7) is 9.18. The number of likely N-dealkylation sites (tertiary alicyclic amines) is 1. The molecular formula is C17H37N3O. The molecule has 0 aromatic carbocycles. The largest absolute Gasteiger partial charge is 0.394 e. The van der Waals surface area contributed by atoms with Crippen molar-refractivity contribution in [2.75, 3.05) is 46.9 Å². The third-order valence-electron chi connectivity index (χ3n) is 5.12. The molecule has 1 aliphatic rings. The van der Waals surface area contributed by atoms with E-state index in [-0.39, 0.29) is 12.1 Å². The van der Waals surface area contributed by atoms with E-state index in [1.54, 1.807) is 0 Å². The fourth-order valence-electron chi connectivity index (χ4n) is 3.38. The Kier molecular flexibility index (Phi) is 8.79. The highest BCUT2D eigenvalue weighted by atomic mass is 16.3. The lowest BCUT2D eigenvalue weighted by atomic mass is 9.90. The van der Waals surface area contributed by atoms with E-state index < -0.39 is 0 Å². The molecule has 2 unspecified atom stereocenters. The molecule has 4 heteroatoms. The summed E-state index contributed by atoms with van der Waals surface area (Å²) in [7, 11) is 4.48. The second-order valence-corrected chi connectivity index (χ2v) is 6.86. The van der Waals surface area contributed by atoms with Gasteiger partial charge in [0.05, 0.1) is 6.61 Å². The first-order valence-corrected chi connectivity index (χ1v) is 8.81. The quantitative estimate of drug-likeness (QED) is 0.646. The molecule has 1 heterocycles. The van der Waals surface area contributed by atoms with Gasteiger partial charge < -0.3 is 20.2 Å². The molecule has 0 amide bonds. The summed E-state index contributed by atoms with van der Waals surface area (Å²) in [5.41, 5.74) is -0.0692. The van der Waals surface area contributed by atoms with E-state index in [1.165, 1.54) is 25.9 Å². The Balaban J connectivity index is 2.35. The second-order valence-electron chi connectivity index (χ2n) is 6.86. The van der Waals surface area contributed by atoms with Crippen LogP contribution in [0, 0.1) is 0 Å². The maximum Gasteiger partial charge on any atom is 0.0613 e. The maximum atomic E-state index is 9.77. The van der Waals surface area contributed by atoms with Crippen molar-refractivity contribution in [3.8, 4) is 0 Å². The van der Waals surface area contributed by atoms with Crippen molar-refractivity contribution in [3.63, 3.8) is 0 Å². The number of aliphatic hydroxyl groups excluding tert-OH is 1. The van der Waals surface area contributed by atoms with E-state index in [0.717, 1.165) is 38.8 Å². The number of hydrogen-bond donors (Lipinski definition) is 2. The monoisotopic (exact) mass is 299 g/mol. The molecule has 0 aromatic heterocycles. The van der Waals surface area contributed by atoms with E-state index in [9.17, 15) is 5.11 Å². The van der Waals surface area contributed by atoms with Gasteiger partial charge in [0, 0.05) is 18.1 Å². The number of aliphatic hydroxyl groups is 1. The minimum atomic E-state index is -0.0692. The summed E-state index contributed by atoms with van der Waals surface area (Å²) in [6, 6.07) is 0.706. The van der Waals surface area contributed by atoms with Crippen molar-refractivity contribution < 1.29 is 5.11 Å². The van der Waals surface area contributed by atoms with Gasteiger partial charge in [-0.25, -0.2) is 0 Å². The molecule has 0 radical (unpaired) electrons. The van der Waals surface area contributed by atoms with Gasteiger partial charge in [-0.2, -0.15) is 0 Å². The minimum Gasteiger partial charge on any atom is -0.394 e. The molecule has 0 spiro atoms. The maximum absolute atomic E-state index is 9.77. The molecule has 1 aliphatic heterocycles.